The molecule has 1 aromatic rings. The van der Waals surface area contributed by atoms with Crippen LogP contribution in [0.15, 0.2) is 18.2 Å². The Morgan fingerprint density at radius 1 is 1.40 bits per heavy atom. The van der Waals surface area contributed by atoms with Crippen LogP contribution in [0.25, 0.3) is 0 Å². The second-order valence-corrected chi connectivity index (χ2v) is 4.45. The number of nitrogens with one attached hydrogen (secondary N) is 2. The molecule has 1 amide bonds. The molecule has 0 atom stereocenters. The highest BCUT2D eigenvalue weighted by atomic mass is 19.4. The number of benzene rings is 1. The Kier molecular flexibility index (Phi) is 4.97. The van der Waals surface area contributed by atoms with Gasteiger partial charge in [-0.15, -0.1) is 0 Å². The van der Waals surface area contributed by atoms with E-state index in [9.17, 15) is 18.0 Å². The fraction of sp³-hybridized carbons (Fsp3) is 0.385. The fourth-order valence-electron chi connectivity index (χ4n) is 1.54. The Balaban J connectivity index is 2.84. The lowest BCUT2D eigenvalue weighted by molar-refractivity contribution is -0.137. The molecule has 0 aromatic heterocycles. The summed E-state index contributed by atoms with van der Waals surface area (Å²) in [6.45, 7) is 3.42. The summed E-state index contributed by atoms with van der Waals surface area (Å²) in [4.78, 5) is 11.4. The summed E-state index contributed by atoms with van der Waals surface area (Å²) in [7, 11) is 0. The number of hydrogen-bond acceptors (Lipinski definition) is 3. The van der Waals surface area contributed by atoms with Gasteiger partial charge in [-0.05, 0) is 32.0 Å². The predicted molar refractivity (Wildman–Crippen MR) is 67.9 cm³/mol. The molecule has 1 aromatic carbocycles. The van der Waals surface area contributed by atoms with Crippen LogP contribution in [0.5, 0.6) is 0 Å². The Morgan fingerprint density at radius 3 is 2.55 bits per heavy atom. The molecule has 0 saturated carbocycles. The van der Waals surface area contributed by atoms with Crippen molar-refractivity contribution >= 4 is 11.6 Å². The molecule has 0 aliphatic carbocycles. The van der Waals surface area contributed by atoms with Crippen LogP contribution in [0.4, 0.5) is 18.9 Å². The third kappa shape index (κ3) is 4.46. The number of alkyl halides is 3. The van der Waals surface area contributed by atoms with Crippen molar-refractivity contribution < 1.29 is 18.0 Å². The Bertz CT molecular complexity index is 533. The van der Waals surface area contributed by atoms with Crippen LogP contribution < -0.4 is 10.6 Å². The number of carbonyl (C=O) groups is 1. The number of nitrogens with zero attached hydrogens (tertiary/aromatic N) is 1. The molecule has 1 rings (SSSR count). The van der Waals surface area contributed by atoms with E-state index in [0.29, 0.717) is 0 Å². The van der Waals surface area contributed by atoms with Gasteiger partial charge in [-0.3, -0.25) is 4.79 Å². The van der Waals surface area contributed by atoms with Crippen LogP contribution in [0.2, 0.25) is 0 Å². The first-order chi connectivity index (χ1) is 9.24. The first kappa shape index (κ1) is 15.8. The summed E-state index contributed by atoms with van der Waals surface area (Å²) in [6, 6.07) is 4.67. The maximum Gasteiger partial charge on any atom is 0.417 e. The van der Waals surface area contributed by atoms with Gasteiger partial charge in [0.05, 0.1) is 23.7 Å². The topological polar surface area (TPSA) is 64.9 Å². The third-order valence-electron chi connectivity index (χ3n) is 2.35. The van der Waals surface area contributed by atoms with Crippen molar-refractivity contribution in [2.45, 2.75) is 26.1 Å². The zero-order valence-corrected chi connectivity index (χ0v) is 11.0. The molecule has 0 aliphatic rings. The summed E-state index contributed by atoms with van der Waals surface area (Å²) >= 11 is 0. The highest BCUT2D eigenvalue weighted by Gasteiger charge is 2.33. The molecule has 0 radical (unpaired) electrons. The average molecular weight is 285 g/mol. The number of carbonyl (C=O) groups excluding carboxylic acids is 1. The van der Waals surface area contributed by atoms with Gasteiger partial charge in [0.1, 0.15) is 0 Å². The molecule has 0 unspecified atom stereocenters. The van der Waals surface area contributed by atoms with E-state index in [4.69, 9.17) is 5.26 Å². The summed E-state index contributed by atoms with van der Waals surface area (Å²) < 4.78 is 38.2. The highest BCUT2D eigenvalue weighted by Crippen LogP contribution is 2.33. The predicted octanol–water partition coefficient (Wildman–Crippen LogP) is 2.51. The van der Waals surface area contributed by atoms with Crippen LogP contribution in [0.3, 0.4) is 0 Å². The molecule has 0 spiro atoms. The SMILES string of the molecule is CC(C)NC(=O)CNc1ccc(C#N)c(C(F)(F)F)c1. The maximum atomic E-state index is 12.7. The molecule has 0 aliphatic heterocycles. The molecule has 4 nitrogen and oxygen atoms in total. The number of amides is 1. The maximum absolute atomic E-state index is 12.7. The lowest BCUT2D eigenvalue weighted by Gasteiger charge is -2.13. The van der Waals surface area contributed by atoms with Crippen LogP contribution >= 0.6 is 0 Å². The Morgan fingerprint density at radius 2 is 2.05 bits per heavy atom. The Hall–Kier alpha value is -2.23. The first-order valence-corrected chi connectivity index (χ1v) is 5.88. The summed E-state index contributed by atoms with van der Waals surface area (Å²) in [6.07, 6.45) is -4.61. The van der Waals surface area contributed by atoms with Crippen molar-refractivity contribution in [3.05, 3.63) is 29.3 Å². The number of rotatable bonds is 4. The van der Waals surface area contributed by atoms with Gasteiger partial charge >= 0.3 is 6.18 Å². The molecule has 0 fully saturated rings. The van der Waals surface area contributed by atoms with E-state index in [-0.39, 0.29) is 24.2 Å². The van der Waals surface area contributed by atoms with Gasteiger partial charge in [-0.2, -0.15) is 18.4 Å². The minimum absolute atomic E-state index is 0.0454. The number of halogens is 3. The van der Waals surface area contributed by atoms with Gasteiger partial charge in [-0.1, -0.05) is 0 Å². The quantitative estimate of drug-likeness (QED) is 0.893. The molecule has 2 N–H and O–H groups in total. The highest BCUT2D eigenvalue weighted by molar-refractivity contribution is 5.81. The molecule has 20 heavy (non-hydrogen) atoms. The first-order valence-electron chi connectivity index (χ1n) is 5.88. The van der Waals surface area contributed by atoms with Crippen molar-refractivity contribution in [2.75, 3.05) is 11.9 Å². The molecule has 0 saturated heterocycles. The van der Waals surface area contributed by atoms with Crippen LogP contribution in [0.1, 0.15) is 25.0 Å². The van der Waals surface area contributed by atoms with E-state index >= 15 is 0 Å². The molecule has 7 heteroatoms. The largest absolute Gasteiger partial charge is 0.417 e. The Labute approximate surface area is 114 Å². The second-order valence-electron chi connectivity index (χ2n) is 4.45. The molecule has 0 heterocycles. The zero-order valence-electron chi connectivity index (χ0n) is 11.0. The van der Waals surface area contributed by atoms with E-state index < -0.39 is 17.3 Å². The standard InChI is InChI=1S/C13H14F3N3O/c1-8(2)19-12(20)7-18-10-4-3-9(6-17)11(5-10)13(14,15)16/h3-5,8,18H,7H2,1-2H3,(H,19,20). The summed E-state index contributed by atoms with van der Waals surface area (Å²) in [5, 5.41) is 13.9. The van der Waals surface area contributed by atoms with Crippen molar-refractivity contribution in [1.29, 1.82) is 5.26 Å². The van der Waals surface area contributed by atoms with Crippen LogP contribution in [-0.4, -0.2) is 18.5 Å². The van der Waals surface area contributed by atoms with Crippen molar-refractivity contribution in [3.63, 3.8) is 0 Å². The normalized spacial score (nSPS) is 11.1. The minimum Gasteiger partial charge on any atom is -0.376 e. The van der Waals surface area contributed by atoms with Gasteiger partial charge < -0.3 is 10.6 Å². The monoisotopic (exact) mass is 285 g/mol. The number of nitriles is 1. The summed E-state index contributed by atoms with van der Waals surface area (Å²) in [5.41, 5.74) is -1.33. The van der Waals surface area contributed by atoms with Gasteiger partial charge in [0, 0.05) is 11.7 Å². The van der Waals surface area contributed by atoms with Crippen molar-refractivity contribution in [2.24, 2.45) is 0 Å². The van der Waals surface area contributed by atoms with Crippen LogP contribution in [-0.2, 0) is 11.0 Å². The van der Waals surface area contributed by atoms with E-state index in [1.54, 1.807) is 13.8 Å². The van der Waals surface area contributed by atoms with E-state index in [2.05, 4.69) is 10.6 Å². The molecular weight excluding hydrogens is 271 g/mol. The molecule has 0 bridgehead atoms. The number of hydrogen-bond donors (Lipinski definition) is 2. The second kappa shape index (κ2) is 6.28. The van der Waals surface area contributed by atoms with Crippen molar-refractivity contribution in [3.8, 4) is 6.07 Å². The minimum atomic E-state index is -4.61. The van der Waals surface area contributed by atoms with E-state index in [1.165, 1.54) is 12.1 Å². The lowest BCUT2D eigenvalue weighted by atomic mass is 10.1. The van der Waals surface area contributed by atoms with E-state index in [1.807, 2.05) is 0 Å². The van der Waals surface area contributed by atoms with Crippen molar-refractivity contribution in [1.82, 2.24) is 5.32 Å². The van der Waals surface area contributed by atoms with E-state index in [0.717, 1.165) is 12.1 Å². The van der Waals surface area contributed by atoms with Gasteiger partial charge in [0.2, 0.25) is 5.91 Å². The zero-order chi connectivity index (χ0) is 15.3. The molecule has 108 valence electrons. The smallest absolute Gasteiger partial charge is 0.376 e. The summed E-state index contributed by atoms with van der Waals surface area (Å²) in [5.74, 6) is -0.321. The van der Waals surface area contributed by atoms with Gasteiger partial charge in [0.25, 0.3) is 0 Å². The third-order valence-corrected chi connectivity index (χ3v) is 2.35. The fourth-order valence-corrected chi connectivity index (χ4v) is 1.54. The average Bonchev–Trinajstić information content (AvgIpc) is 2.34. The van der Waals surface area contributed by atoms with Gasteiger partial charge in [0.15, 0.2) is 0 Å². The van der Waals surface area contributed by atoms with Gasteiger partial charge in [-0.25, -0.2) is 0 Å². The lowest BCUT2D eigenvalue weighted by Crippen LogP contribution is -2.34. The molecular formula is C13H14F3N3O. The number of anilines is 1. The van der Waals surface area contributed by atoms with Crippen LogP contribution in [0, 0.1) is 11.3 Å².